The lowest BCUT2D eigenvalue weighted by Gasteiger charge is -2.38. The van der Waals surface area contributed by atoms with Crippen molar-refractivity contribution < 1.29 is 9.59 Å². The van der Waals surface area contributed by atoms with Gasteiger partial charge in [-0.15, -0.1) is 0 Å². The van der Waals surface area contributed by atoms with Crippen LogP contribution in [0.3, 0.4) is 0 Å². The second-order valence-electron chi connectivity index (χ2n) is 5.28. The molecule has 1 aliphatic rings. The summed E-state index contributed by atoms with van der Waals surface area (Å²) in [5, 5.41) is 5.46. The molecule has 2 amide bonds. The Kier molecular flexibility index (Phi) is 4.74. The molecule has 0 saturated heterocycles. The summed E-state index contributed by atoms with van der Waals surface area (Å²) in [6.07, 6.45) is 2.67. The number of hydrogen-bond acceptors (Lipinski definition) is 3. The second-order valence-corrected chi connectivity index (χ2v) is 5.28. The SMILES string of the molecule is NCC1(C(=O)NCC(=O)NCc2ccccc2)CCC1. The number of hydrogen-bond donors (Lipinski definition) is 3. The van der Waals surface area contributed by atoms with Crippen LogP contribution in [0.4, 0.5) is 0 Å². The average molecular weight is 275 g/mol. The fourth-order valence-corrected chi connectivity index (χ4v) is 2.33. The summed E-state index contributed by atoms with van der Waals surface area (Å²) in [7, 11) is 0. The van der Waals surface area contributed by atoms with Crippen molar-refractivity contribution in [3.63, 3.8) is 0 Å². The highest BCUT2D eigenvalue weighted by Gasteiger charge is 2.42. The van der Waals surface area contributed by atoms with E-state index in [2.05, 4.69) is 10.6 Å². The van der Waals surface area contributed by atoms with Gasteiger partial charge in [0, 0.05) is 13.1 Å². The highest BCUT2D eigenvalue weighted by molar-refractivity contribution is 5.88. The summed E-state index contributed by atoms with van der Waals surface area (Å²) < 4.78 is 0. The first-order chi connectivity index (χ1) is 9.66. The van der Waals surface area contributed by atoms with Crippen molar-refractivity contribution in [2.24, 2.45) is 11.1 Å². The number of amides is 2. The second kappa shape index (κ2) is 6.52. The van der Waals surface area contributed by atoms with Crippen LogP contribution in [0.1, 0.15) is 24.8 Å². The number of benzene rings is 1. The van der Waals surface area contributed by atoms with Gasteiger partial charge in [-0.25, -0.2) is 0 Å². The first-order valence-corrected chi connectivity index (χ1v) is 6.95. The summed E-state index contributed by atoms with van der Waals surface area (Å²) in [6.45, 7) is 0.829. The van der Waals surface area contributed by atoms with Gasteiger partial charge in [0.2, 0.25) is 11.8 Å². The third-order valence-corrected chi connectivity index (χ3v) is 3.93. The first-order valence-electron chi connectivity index (χ1n) is 6.95. The number of rotatable bonds is 6. The number of carbonyl (C=O) groups excluding carboxylic acids is 2. The monoisotopic (exact) mass is 275 g/mol. The number of nitrogens with two attached hydrogens (primary N) is 1. The zero-order valence-corrected chi connectivity index (χ0v) is 11.5. The minimum absolute atomic E-state index is 0.00736. The van der Waals surface area contributed by atoms with Crippen molar-refractivity contribution in [3.05, 3.63) is 35.9 Å². The van der Waals surface area contributed by atoms with Gasteiger partial charge in [0.05, 0.1) is 12.0 Å². The van der Waals surface area contributed by atoms with E-state index in [1.165, 1.54) is 0 Å². The Morgan fingerprint density at radius 3 is 2.40 bits per heavy atom. The normalized spacial score (nSPS) is 16.1. The van der Waals surface area contributed by atoms with E-state index in [0.29, 0.717) is 13.1 Å². The molecule has 1 aliphatic carbocycles. The van der Waals surface area contributed by atoms with Crippen LogP contribution < -0.4 is 16.4 Å². The molecular formula is C15H21N3O2. The maximum atomic E-state index is 12.0. The molecule has 1 fully saturated rings. The van der Waals surface area contributed by atoms with E-state index < -0.39 is 5.41 Å². The van der Waals surface area contributed by atoms with Crippen molar-refractivity contribution in [3.8, 4) is 0 Å². The van der Waals surface area contributed by atoms with Gasteiger partial charge >= 0.3 is 0 Å². The van der Waals surface area contributed by atoms with Gasteiger partial charge in [-0.2, -0.15) is 0 Å². The van der Waals surface area contributed by atoms with Crippen molar-refractivity contribution in [2.45, 2.75) is 25.8 Å². The van der Waals surface area contributed by atoms with Gasteiger partial charge in [0.1, 0.15) is 0 Å². The van der Waals surface area contributed by atoms with Crippen molar-refractivity contribution in [2.75, 3.05) is 13.1 Å². The number of nitrogens with one attached hydrogen (secondary N) is 2. The van der Waals surface area contributed by atoms with Crippen LogP contribution >= 0.6 is 0 Å². The van der Waals surface area contributed by atoms with Crippen LogP contribution in [0, 0.1) is 5.41 Å². The lowest BCUT2D eigenvalue weighted by Crippen LogP contribution is -2.52. The maximum Gasteiger partial charge on any atom is 0.239 e. The molecule has 0 unspecified atom stereocenters. The van der Waals surface area contributed by atoms with Gasteiger partial charge in [0.15, 0.2) is 0 Å². The van der Waals surface area contributed by atoms with Gasteiger partial charge in [-0.3, -0.25) is 9.59 Å². The average Bonchev–Trinajstić information content (AvgIpc) is 2.43. The smallest absolute Gasteiger partial charge is 0.239 e. The highest BCUT2D eigenvalue weighted by atomic mass is 16.2. The predicted molar refractivity (Wildman–Crippen MR) is 76.6 cm³/mol. The topological polar surface area (TPSA) is 84.2 Å². The van der Waals surface area contributed by atoms with E-state index in [-0.39, 0.29) is 18.4 Å². The Hall–Kier alpha value is -1.88. The van der Waals surface area contributed by atoms with E-state index in [0.717, 1.165) is 24.8 Å². The summed E-state index contributed by atoms with van der Waals surface area (Å²) in [6, 6.07) is 9.65. The Bertz CT molecular complexity index is 464. The maximum absolute atomic E-state index is 12.0. The van der Waals surface area contributed by atoms with Crippen LogP contribution in [-0.2, 0) is 16.1 Å². The Morgan fingerprint density at radius 2 is 1.85 bits per heavy atom. The van der Waals surface area contributed by atoms with Gasteiger partial charge in [-0.05, 0) is 18.4 Å². The predicted octanol–water partition coefficient (Wildman–Crippen LogP) is 0.548. The molecule has 108 valence electrons. The first kappa shape index (κ1) is 14.5. The van der Waals surface area contributed by atoms with Gasteiger partial charge in [0.25, 0.3) is 0 Å². The molecule has 0 atom stereocenters. The Balaban J connectivity index is 1.71. The molecule has 0 radical (unpaired) electrons. The van der Waals surface area contributed by atoms with Crippen molar-refractivity contribution >= 4 is 11.8 Å². The minimum Gasteiger partial charge on any atom is -0.350 e. The standard InChI is InChI=1S/C15H21N3O2/c16-11-15(7-4-8-15)14(20)18-10-13(19)17-9-12-5-2-1-3-6-12/h1-3,5-6H,4,7-11,16H2,(H,17,19)(H,18,20). The van der Waals surface area contributed by atoms with Crippen molar-refractivity contribution in [1.29, 1.82) is 0 Å². The molecule has 1 aromatic carbocycles. The molecular weight excluding hydrogens is 254 g/mol. The van der Waals surface area contributed by atoms with E-state index in [9.17, 15) is 9.59 Å². The fraction of sp³-hybridized carbons (Fsp3) is 0.467. The summed E-state index contributed by atoms with van der Waals surface area (Å²) in [5.74, 6) is -0.283. The summed E-state index contributed by atoms with van der Waals surface area (Å²) >= 11 is 0. The van der Waals surface area contributed by atoms with Crippen molar-refractivity contribution in [1.82, 2.24) is 10.6 Å². The van der Waals surface area contributed by atoms with Crippen LogP contribution in [-0.4, -0.2) is 24.9 Å². The molecule has 0 aliphatic heterocycles. The Labute approximate surface area is 118 Å². The van der Waals surface area contributed by atoms with Gasteiger partial charge < -0.3 is 16.4 Å². The molecule has 2 rings (SSSR count). The molecule has 4 N–H and O–H groups in total. The molecule has 0 heterocycles. The molecule has 0 aromatic heterocycles. The third-order valence-electron chi connectivity index (χ3n) is 3.93. The molecule has 20 heavy (non-hydrogen) atoms. The highest BCUT2D eigenvalue weighted by Crippen LogP contribution is 2.39. The molecule has 5 heteroatoms. The quantitative estimate of drug-likeness (QED) is 0.709. The lowest BCUT2D eigenvalue weighted by atomic mass is 9.68. The van der Waals surface area contributed by atoms with E-state index in [1.807, 2.05) is 30.3 Å². The minimum atomic E-state index is -0.431. The van der Waals surface area contributed by atoms with E-state index in [4.69, 9.17) is 5.73 Å². The molecule has 0 spiro atoms. The fourth-order valence-electron chi connectivity index (χ4n) is 2.33. The van der Waals surface area contributed by atoms with E-state index in [1.54, 1.807) is 0 Å². The molecule has 1 saturated carbocycles. The van der Waals surface area contributed by atoms with Crippen LogP contribution in [0.2, 0.25) is 0 Å². The summed E-state index contributed by atoms with van der Waals surface area (Å²) in [5.41, 5.74) is 6.25. The zero-order valence-electron chi connectivity index (χ0n) is 11.5. The molecule has 0 bridgehead atoms. The van der Waals surface area contributed by atoms with Gasteiger partial charge in [-0.1, -0.05) is 36.8 Å². The summed E-state index contributed by atoms with van der Waals surface area (Å²) in [4.78, 5) is 23.7. The van der Waals surface area contributed by atoms with E-state index >= 15 is 0 Å². The largest absolute Gasteiger partial charge is 0.350 e. The zero-order chi connectivity index (χ0) is 14.4. The van der Waals surface area contributed by atoms with Crippen LogP contribution in [0.15, 0.2) is 30.3 Å². The third kappa shape index (κ3) is 3.36. The Morgan fingerprint density at radius 1 is 1.15 bits per heavy atom. The van der Waals surface area contributed by atoms with Crippen LogP contribution in [0.25, 0.3) is 0 Å². The number of carbonyl (C=O) groups is 2. The lowest BCUT2D eigenvalue weighted by molar-refractivity contribution is -0.136. The molecule has 1 aromatic rings. The molecule has 5 nitrogen and oxygen atoms in total. The van der Waals surface area contributed by atoms with Crippen LogP contribution in [0.5, 0.6) is 0 Å².